The molecule has 7 nitrogen and oxygen atoms in total. The van der Waals surface area contributed by atoms with Crippen LogP contribution in [0.1, 0.15) is 285 Å². The fraction of sp³-hybridized carbons (Fsp3) is 0.467. The molecular weight excluding hydrogens is 1180 g/mol. The molecule has 9 aromatic rings. The molecule has 0 unspecified atom stereocenters. The summed E-state index contributed by atoms with van der Waals surface area (Å²) in [5, 5.41) is 45.4. The Morgan fingerprint density at radius 3 is 0.670 bits per heavy atom. The molecule has 9 rings (SSSR count). The summed E-state index contributed by atoms with van der Waals surface area (Å²) >= 11 is 0. The zero-order valence-corrected chi connectivity index (χ0v) is 59.3. The molecule has 3 heterocycles. The van der Waals surface area contributed by atoms with E-state index in [9.17, 15) is 21.0 Å². The number of unbranched alkanes of at least 4 members (excludes halogenated alkanes) is 33. The van der Waals surface area contributed by atoms with Crippen molar-refractivity contribution in [1.29, 1.82) is 21.0 Å². The molecule has 0 fully saturated rings. The van der Waals surface area contributed by atoms with Gasteiger partial charge in [0.1, 0.15) is 35.4 Å². The van der Waals surface area contributed by atoms with Gasteiger partial charge in [0.05, 0.1) is 0 Å². The van der Waals surface area contributed by atoms with Crippen molar-refractivity contribution >= 4 is 77.6 Å². The lowest BCUT2D eigenvalue weighted by molar-refractivity contribution is 0.533. The maximum absolute atomic E-state index is 9.65. The molecule has 0 saturated heterocycles. The van der Waals surface area contributed by atoms with Gasteiger partial charge in [0.15, 0.2) is 0 Å². The van der Waals surface area contributed by atoms with Gasteiger partial charge in [-0.3, -0.25) is 0 Å². The second kappa shape index (κ2) is 40.1. The Kier molecular flexibility index (Phi) is 30.0. The van der Waals surface area contributed by atoms with Crippen LogP contribution in [0.4, 0.5) is 0 Å². The van der Waals surface area contributed by atoms with Crippen molar-refractivity contribution < 1.29 is 0 Å². The number of aromatic nitrogens is 3. The van der Waals surface area contributed by atoms with Crippen molar-refractivity contribution in [1.82, 2.24) is 13.7 Å². The van der Waals surface area contributed by atoms with Gasteiger partial charge in [-0.1, -0.05) is 268 Å². The van der Waals surface area contributed by atoms with Crippen LogP contribution in [0.5, 0.6) is 0 Å². The second-order valence-electron chi connectivity index (χ2n) is 27.7. The maximum Gasteiger partial charge on any atom is 0.130 e. The first-order chi connectivity index (χ1) is 47.9. The minimum Gasteiger partial charge on any atom is -0.340 e. The zero-order chi connectivity index (χ0) is 67.7. The highest BCUT2D eigenvalue weighted by Crippen LogP contribution is 2.36. The van der Waals surface area contributed by atoms with E-state index in [1.54, 1.807) is 12.2 Å². The molecule has 0 saturated carbocycles. The van der Waals surface area contributed by atoms with Gasteiger partial charge in [-0.15, -0.1) is 0 Å². The smallest absolute Gasteiger partial charge is 0.130 e. The summed E-state index contributed by atoms with van der Waals surface area (Å²) in [5.74, 6) is 14.4. The summed E-state index contributed by atoms with van der Waals surface area (Å²) in [6.45, 7) is 9.67. The molecule has 0 atom stereocenters. The number of aryl methyl sites for hydroxylation is 3. The Labute approximate surface area is 582 Å². The summed E-state index contributed by atoms with van der Waals surface area (Å²) in [7, 11) is 0. The molecule has 0 aliphatic heterocycles. The lowest BCUT2D eigenvalue weighted by Gasteiger charge is -2.08. The normalized spacial score (nSPS) is 11.2. The average Bonchev–Trinajstić information content (AvgIpc) is 1.64. The Hall–Kier alpha value is -8.72. The van der Waals surface area contributed by atoms with E-state index in [-0.39, 0.29) is 11.1 Å². The van der Waals surface area contributed by atoms with Gasteiger partial charge in [0, 0.05) is 107 Å². The van der Waals surface area contributed by atoms with Crippen LogP contribution in [-0.2, 0) is 19.6 Å². The van der Waals surface area contributed by atoms with Crippen molar-refractivity contribution in [2.24, 2.45) is 0 Å². The number of allylic oxidation sites excluding steroid dienone is 2. The minimum absolute atomic E-state index is 0.0911. The van der Waals surface area contributed by atoms with Gasteiger partial charge in [0.2, 0.25) is 0 Å². The predicted molar refractivity (Wildman–Crippen MR) is 412 cm³/mol. The van der Waals surface area contributed by atoms with Gasteiger partial charge in [-0.25, -0.2) is 0 Å². The van der Waals surface area contributed by atoms with Crippen molar-refractivity contribution in [3.63, 3.8) is 0 Å². The molecule has 0 aliphatic carbocycles. The molecule has 6 aromatic carbocycles. The van der Waals surface area contributed by atoms with Crippen LogP contribution in [0.25, 0.3) is 77.6 Å². The Bertz CT molecular complexity index is 4100. The van der Waals surface area contributed by atoms with Crippen LogP contribution in [0.2, 0.25) is 0 Å². The average molecular weight is 1290 g/mol. The van der Waals surface area contributed by atoms with E-state index < -0.39 is 0 Å². The molecule has 502 valence electrons. The summed E-state index contributed by atoms with van der Waals surface area (Å²) in [4.78, 5) is 0. The third-order valence-corrected chi connectivity index (χ3v) is 20.2. The monoisotopic (exact) mass is 1290 g/mol. The van der Waals surface area contributed by atoms with Gasteiger partial charge in [0.25, 0.3) is 0 Å². The Morgan fingerprint density at radius 2 is 0.454 bits per heavy atom. The number of fused-ring (bicyclic) bond motifs is 9. The highest BCUT2D eigenvalue weighted by Gasteiger charge is 2.16. The largest absolute Gasteiger partial charge is 0.340 e. The molecule has 97 heavy (non-hydrogen) atoms. The summed E-state index contributed by atoms with van der Waals surface area (Å²) in [6.07, 6.45) is 50.7. The second-order valence-corrected chi connectivity index (χ2v) is 27.7. The van der Waals surface area contributed by atoms with Gasteiger partial charge >= 0.3 is 0 Å². The molecule has 0 spiro atoms. The van der Waals surface area contributed by atoms with Crippen LogP contribution < -0.4 is 0 Å². The van der Waals surface area contributed by atoms with Crippen molar-refractivity contribution in [2.45, 2.75) is 272 Å². The van der Waals surface area contributed by atoms with E-state index in [2.05, 4.69) is 155 Å². The minimum atomic E-state index is 0.0911. The van der Waals surface area contributed by atoms with Crippen molar-refractivity contribution in [2.75, 3.05) is 0 Å². The van der Waals surface area contributed by atoms with Crippen LogP contribution in [0.15, 0.2) is 120 Å². The van der Waals surface area contributed by atoms with Crippen LogP contribution in [0, 0.1) is 69.0 Å². The van der Waals surface area contributed by atoms with Gasteiger partial charge in [-0.05, 0) is 140 Å². The lowest BCUT2D eigenvalue weighted by atomic mass is 10.0. The zero-order valence-electron chi connectivity index (χ0n) is 59.3. The van der Waals surface area contributed by atoms with Crippen molar-refractivity contribution in [3.05, 3.63) is 154 Å². The molecule has 3 aromatic heterocycles. The molecule has 7 heteroatoms. The lowest BCUT2D eigenvalue weighted by Crippen LogP contribution is -1.98. The van der Waals surface area contributed by atoms with Gasteiger partial charge in [-0.2, -0.15) is 21.0 Å². The fourth-order valence-corrected chi connectivity index (χ4v) is 14.7. The van der Waals surface area contributed by atoms with E-state index in [0.717, 1.165) is 105 Å². The Balaban J connectivity index is 0.971. The molecule has 0 amide bonds. The molecule has 0 aliphatic rings. The SMILES string of the molecule is CCCCCCCCCCCCCCn1c2ccc(C#Cc3ccc4c(c3)c3cc(C=C(C#N)C#N)ccc3n4CCCCCCCCCCCCCC)cc2c2cc(C#Cc3ccc4c(c3)c3cc(C=C(C#N)C#N)ccc3n4CCCCCCCCCCCCCC)ccc21. The topological polar surface area (TPSA) is 110 Å². The standard InChI is InChI=1S/C90H107N7/c1-4-7-10-13-16-19-22-25-28-31-34-37-56-95-85-50-44-71(40-42-73-46-52-87-81(63-73)83-65-75(59-77(67-91)68-92)48-54-89(83)96(87)57-38-35-32-29-26-23-20-17-14-11-8-5-2)61-79(85)80-62-72(45-51-86(80)95)41-43-74-47-53-88-82(64-74)84-66-76(60-78(69-93)70-94)49-55-90(84)97(88)58-39-36-33-30-27-24-21-18-15-12-9-6-3/h44-55,59-66H,4-39,56-58H2,1-3H3. The predicted octanol–water partition coefficient (Wildman–Crippen LogP) is 25.8. The number of nitriles is 4. The summed E-state index contributed by atoms with van der Waals surface area (Å²) in [5.41, 5.74) is 12.7. The van der Waals surface area contributed by atoms with E-state index in [0.29, 0.717) is 0 Å². The molecule has 0 bridgehead atoms. The van der Waals surface area contributed by atoms with Crippen molar-refractivity contribution in [3.8, 4) is 48.0 Å². The number of hydrogen-bond acceptors (Lipinski definition) is 4. The molecule has 0 radical (unpaired) electrons. The maximum atomic E-state index is 9.65. The number of benzene rings is 6. The third kappa shape index (κ3) is 21.1. The number of nitrogens with zero attached hydrogens (tertiary/aromatic N) is 7. The van der Waals surface area contributed by atoms with Crippen LogP contribution in [-0.4, -0.2) is 13.7 Å². The van der Waals surface area contributed by atoms with E-state index in [1.165, 1.54) is 245 Å². The van der Waals surface area contributed by atoms with E-state index in [1.807, 2.05) is 36.4 Å². The number of rotatable bonds is 41. The van der Waals surface area contributed by atoms with Gasteiger partial charge < -0.3 is 13.7 Å². The summed E-state index contributed by atoms with van der Waals surface area (Å²) in [6, 6.07) is 47.5. The summed E-state index contributed by atoms with van der Waals surface area (Å²) < 4.78 is 7.44. The first-order valence-corrected chi connectivity index (χ1v) is 38.1. The first-order valence-electron chi connectivity index (χ1n) is 38.1. The molecular formula is C90H107N7. The first kappa shape index (κ1) is 72.5. The van der Waals surface area contributed by atoms with Crippen LogP contribution in [0.3, 0.4) is 0 Å². The van der Waals surface area contributed by atoms with E-state index >= 15 is 0 Å². The highest BCUT2D eigenvalue weighted by molar-refractivity contribution is 6.11. The van der Waals surface area contributed by atoms with Crippen LogP contribution >= 0.6 is 0 Å². The highest BCUT2D eigenvalue weighted by atomic mass is 15.0. The quantitative estimate of drug-likeness (QED) is 0.0216. The molecule has 0 N–H and O–H groups in total. The number of hydrogen-bond donors (Lipinski definition) is 0. The fourth-order valence-electron chi connectivity index (χ4n) is 14.7. The van der Waals surface area contributed by atoms with E-state index in [4.69, 9.17) is 0 Å². The third-order valence-electron chi connectivity index (χ3n) is 20.2. The Morgan fingerprint density at radius 1 is 0.258 bits per heavy atom.